The van der Waals surface area contributed by atoms with E-state index in [0.717, 1.165) is 0 Å². The molecule has 0 spiro atoms. The molecule has 1 aliphatic heterocycles. The number of hydrogen-bond acceptors (Lipinski definition) is 10. The minimum atomic E-state index is -1.17. The summed E-state index contributed by atoms with van der Waals surface area (Å²) in [4.78, 5) is 22.8. The molecular weight excluding hydrogens is 364 g/mol. The van der Waals surface area contributed by atoms with Gasteiger partial charge in [0.25, 0.3) is 0 Å². The molecule has 0 aromatic carbocycles. The molecule has 2 aromatic rings. The number of carboxylic acids is 1. The molecule has 1 fully saturated rings. The molecule has 0 aliphatic carbocycles. The van der Waals surface area contributed by atoms with Crippen molar-refractivity contribution < 1.29 is 24.9 Å². The van der Waals surface area contributed by atoms with E-state index in [0.29, 0.717) is 29.1 Å². The summed E-state index contributed by atoms with van der Waals surface area (Å²) < 4.78 is 7.29. The molecule has 2 aromatic heterocycles. The summed E-state index contributed by atoms with van der Waals surface area (Å²) in [6.07, 6.45) is -0.747. The van der Waals surface area contributed by atoms with Gasteiger partial charge in [-0.1, -0.05) is 0 Å². The van der Waals surface area contributed by atoms with Crippen LogP contribution in [-0.2, 0) is 9.53 Å². The normalized spacial score (nSPS) is 27.0. The number of nitrogens with zero attached hydrogens (tertiary/aromatic N) is 4. The highest BCUT2D eigenvalue weighted by Crippen LogP contribution is 2.33. The Bertz CT molecular complexity index is 788. The molecule has 3 rings (SSSR count). The van der Waals surface area contributed by atoms with Crippen LogP contribution in [0.5, 0.6) is 0 Å². The first-order chi connectivity index (χ1) is 12.4. The van der Waals surface area contributed by atoms with Crippen LogP contribution in [0, 0.1) is 0 Å². The van der Waals surface area contributed by atoms with E-state index >= 15 is 0 Å². The second kappa shape index (κ2) is 7.72. The molecule has 7 N–H and O–H groups in total. The number of imidazole rings is 1. The zero-order valence-corrected chi connectivity index (χ0v) is 14.5. The largest absolute Gasteiger partial charge is 0.480 e. The van der Waals surface area contributed by atoms with Crippen LogP contribution in [0.2, 0.25) is 0 Å². The summed E-state index contributed by atoms with van der Waals surface area (Å²) in [5.41, 5.74) is 12.0. The smallest absolute Gasteiger partial charge is 0.320 e. The third-order valence-corrected chi connectivity index (χ3v) is 5.26. The summed E-state index contributed by atoms with van der Waals surface area (Å²) in [7, 11) is 0. The number of aromatic nitrogens is 4. The number of fused-ring (bicyclic) bond motifs is 1. The van der Waals surface area contributed by atoms with Crippen LogP contribution < -0.4 is 11.5 Å². The number of anilines is 1. The van der Waals surface area contributed by atoms with Crippen molar-refractivity contribution in [2.24, 2.45) is 5.73 Å². The summed E-state index contributed by atoms with van der Waals surface area (Å²) in [6.45, 7) is 0. The lowest BCUT2D eigenvalue weighted by molar-refractivity contribution is -0.138. The number of nitrogen functional groups attached to an aromatic ring is 1. The van der Waals surface area contributed by atoms with Crippen LogP contribution in [-0.4, -0.2) is 76.7 Å². The average molecular weight is 384 g/mol. The molecule has 1 aliphatic rings. The number of hydrogen-bond donors (Lipinski definition) is 5. The first kappa shape index (κ1) is 18.8. The van der Waals surface area contributed by atoms with Gasteiger partial charge in [-0.3, -0.25) is 9.36 Å². The third kappa shape index (κ3) is 3.59. The molecule has 0 bridgehead atoms. The number of nitrogens with two attached hydrogens (primary N) is 2. The van der Waals surface area contributed by atoms with E-state index in [1.54, 1.807) is 0 Å². The van der Waals surface area contributed by atoms with Gasteiger partial charge in [0.2, 0.25) is 0 Å². The average Bonchev–Trinajstić information content (AvgIpc) is 3.15. The maximum absolute atomic E-state index is 10.7. The van der Waals surface area contributed by atoms with Crippen LogP contribution in [0.1, 0.15) is 12.6 Å². The van der Waals surface area contributed by atoms with Crippen molar-refractivity contribution >= 4 is 34.7 Å². The Labute approximate surface area is 152 Å². The molecule has 11 nitrogen and oxygen atoms in total. The van der Waals surface area contributed by atoms with Gasteiger partial charge in [0.1, 0.15) is 30.1 Å². The topological polar surface area (TPSA) is 183 Å². The minimum absolute atomic E-state index is 0.212. The summed E-state index contributed by atoms with van der Waals surface area (Å²) in [5, 5.41) is 29.3. The molecule has 3 heterocycles. The van der Waals surface area contributed by atoms with E-state index in [-0.39, 0.29) is 5.82 Å². The molecular formula is C14H20N6O5S. The van der Waals surface area contributed by atoms with Gasteiger partial charge >= 0.3 is 5.97 Å². The second-order valence-corrected chi connectivity index (χ2v) is 7.09. The van der Waals surface area contributed by atoms with E-state index in [4.69, 9.17) is 21.3 Å². The Morgan fingerprint density at radius 2 is 2.12 bits per heavy atom. The Balaban J connectivity index is 1.64. The van der Waals surface area contributed by atoms with Crippen LogP contribution in [0.15, 0.2) is 12.7 Å². The Hall–Kier alpha value is -1.99. The van der Waals surface area contributed by atoms with Gasteiger partial charge in [0.05, 0.1) is 12.4 Å². The summed E-state index contributed by atoms with van der Waals surface area (Å²) >= 11 is 1.40. The lowest BCUT2D eigenvalue weighted by Crippen LogP contribution is -2.33. The third-order valence-electron chi connectivity index (χ3n) is 4.17. The number of carbonyl (C=O) groups is 1. The van der Waals surface area contributed by atoms with Crippen LogP contribution in [0.4, 0.5) is 5.82 Å². The number of rotatable bonds is 7. The first-order valence-corrected chi connectivity index (χ1v) is 9.06. The van der Waals surface area contributed by atoms with Crippen LogP contribution >= 0.6 is 11.8 Å². The molecule has 0 radical (unpaired) electrons. The summed E-state index contributed by atoms with van der Waals surface area (Å²) in [6, 6.07) is -0.919. The maximum Gasteiger partial charge on any atom is 0.320 e. The van der Waals surface area contributed by atoms with E-state index in [2.05, 4.69) is 15.0 Å². The monoisotopic (exact) mass is 384 g/mol. The Morgan fingerprint density at radius 1 is 1.35 bits per heavy atom. The van der Waals surface area contributed by atoms with Gasteiger partial charge < -0.3 is 31.5 Å². The predicted molar refractivity (Wildman–Crippen MR) is 93.2 cm³/mol. The Morgan fingerprint density at radius 3 is 2.85 bits per heavy atom. The van der Waals surface area contributed by atoms with Crippen LogP contribution in [0.25, 0.3) is 11.2 Å². The van der Waals surface area contributed by atoms with Crippen molar-refractivity contribution in [1.29, 1.82) is 0 Å². The van der Waals surface area contributed by atoms with E-state index in [1.807, 2.05) is 0 Å². The number of aliphatic carboxylic acids is 1. The lowest BCUT2D eigenvalue weighted by Gasteiger charge is -2.16. The van der Waals surface area contributed by atoms with E-state index in [9.17, 15) is 15.0 Å². The molecule has 1 saturated heterocycles. The van der Waals surface area contributed by atoms with Gasteiger partial charge in [-0.25, -0.2) is 15.0 Å². The number of thioether (sulfide) groups is 1. The van der Waals surface area contributed by atoms with Crippen molar-refractivity contribution in [3.8, 4) is 0 Å². The van der Waals surface area contributed by atoms with Gasteiger partial charge in [0.15, 0.2) is 17.7 Å². The molecule has 0 saturated carbocycles. The van der Waals surface area contributed by atoms with Crippen LogP contribution in [0.3, 0.4) is 0 Å². The molecule has 0 amide bonds. The number of aliphatic hydroxyl groups is 2. The van der Waals surface area contributed by atoms with Gasteiger partial charge in [-0.15, -0.1) is 0 Å². The SMILES string of the molecule is Nc1ncnc2c1ncn2[C@@H]1O[C@@H](CSCC[C@@H](N)C(=O)O)[C@@H](O)[C@H]1O. The van der Waals surface area contributed by atoms with Gasteiger partial charge in [-0.05, 0) is 12.2 Å². The number of carboxylic acid groups (broad SMARTS) is 1. The number of ether oxygens (including phenoxy) is 1. The quantitative estimate of drug-likeness (QED) is 0.352. The number of aliphatic hydroxyl groups excluding tert-OH is 2. The standard InChI is InChI=1S/C14H20N6O5S/c15-6(14(23)24)1-2-26-3-7-9(21)10(22)13(25-7)20-5-19-8-11(16)17-4-18-12(8)20/h4-7,9-10,13,21-22H,1-3,15H2,(H,23,24)(H2,16,17,18)/t6-,7+,9-,10-,13-/m1/s1. The van der Waals surface area contributed by atoms with Crippen molar-refractivity contribution in [3.05, 3.63) is 12.7 Å². The fourth-order valence-corrected chi connectivity index (χ4v) is 3.78. The zero-order valence-electron chi connectivity index (χ0n) is 13.7. The molecule has 26 heavy (non-hydrogen) atoms. The summed E-state index contributed by atoms with van der Waals surface area (Å²) in [5.74, 6) is 0.0405. The van der Waals surface area contributed by atoms with Crippen molar-refractivity contribution in [2.75, 3.05) is 17.2 Å². The Kier molecular flexibility index (Phi) is 5.58. The lowest BCUT2D eigenvalue weighted by atomic mass is 10.1. The van der Waals surface area contributed by atoms with Crippen molar-refractivity contribution in [2.45, 2.75) is 37.0 Å². The van der Waals surface area contributed by atoms with Crippen molar-refractivity contribution in [3.63, 3.8) is 0 Å². The molecule has 0 unspecified atom stereocenters. The highest BCUT2D eigenvalue weighted by Gasteiger charge is 2.44. The predicted octanol–water partition coefficient (Wildman–Crippen LogP) is -1.44. The van der Waals surface area contributed by atoms with Crippen molar-refractivity contribution in [1.82, 2.24) is 19.5 Å². The molecule has 5 atom stereocenters. The highest BCUT2D eigenvalue weighted by molar-refractivity contribution is 7.99. The maximum atomic E-state index is 10.7. The minimum Gasteiger partial charge on any atom is -0.480 e. The second-order valence-electron chi connectivity index (χ2n) is 5.94. The fourth-order valence-electron chi connectivity index (χ4n) is 2.69. The molecule has 12 heteroatoms. The zero-order chi connectivity index (χ0) is 18.8. The first-order valence-electron chi connectivity index (χ1n) is 7.91. The highest BCUT2D eigenvalue weighted by atomic mass is 32.2. The van der Waals surface area contributed by atoms with E-state index < -0.39 is 36.6 Å². The van der Waals surface area contributed by atoms with Gasteiger partial charge in [-0.2, -0.15) is 11.8 Å². The van der Waals surface area contributed by atoms with Gasteiger partial charge in [0, 0.05) is 5.75 Å². The fraction of sp³-hybridized carbons (Fsp3) is 0.571. The van der Waals surface area contributed by atoms with E-state index in [1.165, 1.54) is 29.0 Å². The molecule has 142 valence electrons.